The Morgan fingerprint density at radius 3 is 1.43 bits per heavy atom. The highest BCUT2D eigenvalue weighted by atomic mass is 16.4. The van der Waals surface area contributed by atoms with Crippen molar-refractivity contribution >= 4 is 5.97 Å². The molecule has 2 nitrogen and oxygen atoms in total. The summed E-state index contributed by atoms with van der Waals surface area (Å²) in [5.74, 6) is 2.59. The molecule has 0 saturated carbocycles. The molecule has 0 fully saturated rings. The normalized spacial score (nSPS) is 15.8. The molecular weight excluding hydrogens is 284 g/mol. The Balaban J connectivity index is 4.20. The van der Waals surface area contributed by atoms with E-state index in [1.807, 2.05) is 0 Å². The fourth-order valence-electron chi connectivity index (χ4n) is 3.63. The molecule has 23 heavy (non-hydrogen) atoms. The highest BCUT2D eigenvalue weighted by Gasteiger charge is 2.19. The van der Waals surface area contributed by atoms with Gasteiger partial charge in [0.25, 0.3) is 0 Å². The van der Waals surface area contributed by atoms with E-state index >= 15 is 0 Å². The van der Waals surface area contributed by atoms with Gasteiger partial charge in [-0.25, -0.2) is 0 Å². The second-order valence-electron chi connectivity index (χ2n) is 8.80. The molecule has 1 N–H and O–H groups in total. The zero-order chi connectivity index (χ0) is 17.8. The van der Waals surface area contributed by atoms with E-state index in [9.17, 15) is 9.90 Å². The Hall–Kier alpha value is -0.530. The minimum absolute atomic E-state index is 0.350. The maximum Gasteiger partial charge on any atom is 0.303 e. The van der Waals surface area contributed by atoms with Gasteiger partial charge in [0.1, 0.15) is 0 Å². The van der Waals surface area contributed by atoms with Crippen LogP contribution in [0, 0.1) is 29.6 Å². The molecule has 0 spiro atoms. The highest BCUT2D eigenvalue weighted by Crippen LogP contribution is 2.28. The van der Waals surface area contributed by atoms with Gasteiger partial charge in [0.15, 0.2) is 0 Å². The van der Waals surface area contributed by atoms with E-state index in [1.54, 1.807) is 0 Å². The van der Waals surface area contributed by atoms with E-state index in [-0.39, 0.29) is 0 Å². The molecule has 0 bridgehead atoms. The molecule has 138 valence electrons. The van der Waals surface area contributed by atoms with Crippen molar-refractivity contribution in [3.05, 3.63) is 0 Å². The largest absolute Gasteiger partial charge is 0.481 e. The van der Waals surface area contributed by atoms with E-state index < -0.39 is 5.97 Å². The first-order valence-electron chi connectivity index (χ1n) is 9.92. The quantitative estimate of drug-likeness (QED) is 0.382. The second kappa shape index (κ2) is 12.8. The summed E-state index contributed by atoms with van der Waals surface area (Å²) < 4.78 is 0. The SMILES string of the molecule is CC(C)CCCC(C)CC(CC(=O)O)CC(C)CCCC(C)C. The standard InChI is InChI=1S/C21H42O2/c1-16(2)9-7-11-18(5)13-20(15-21(22)23)14-19(6)12-8-10-17(3)4/h16-20H,7-15H2,1-6H3,(H,22,23). The number of carbonyl (C=O) groups is 1. The summed E-state index contributed by atoms with van der Waals surface area (Å²) in [6.45, 7) is 13.7. The van der Waals surface area contributed by atoms with Crippen LogP contribution < -0.4 is 0 Å². The molecule has 0 rings (SSSR count). The lowest BCUT2D eigenvalue weighted by Gasteiger charge is -2.23. The van der Waals surface area contributed by atoms with E-state index in [1.165, 1.54) is 38.5 Å². The van der Waals surface area contributed by atoms with Crippen molar-refractivity contribution in [2.24, 2.45) is 29.6 Å². The summed E-state index contributed by atoms with van der Waals surface area (Å²) >= 11 is 0. The molecule has 0 aromatic heterocycles. The zero-order valence-electron chi connectivity index (χ0n) is 16.6. The van der Waals surface area contributed by atoms with Crippen molar-refractivity contribution in [3.8, 4) is 0 Å². The topological polar surface area (TPSA) is 37.3 Å². The first-order valence-corrected chi connectivity index (χ1v) is 9.92. The number of carboxylic acid groups (broad SMARTS) is 1. The van der Waals surface area contributed by atoms with E-state index in [0.717, 1.165) is 24.7 Å². The summed E-state index contributed by atoms with van der Waals surface area (Å²) in [5.41, 5.74) is 0. The van der Waals surface area contributed by atoms with Crippen LogP contribution in [-0.4, -0.2) is 11.1 Å². The van der Waals surface area contributed by atoms with Crippen molar-refractivity contribution in [1.29, 1.82) is 0 Å². The van der Waals surface area contributed by atoms with Crippen LogP contribution in [0.1, 0.15) is 99.3 Å². The minimum Gasteiger partial charge on any atom is -0.481 e. The average molecular weight is 327 g/mol. The summed E-state index contributed by atoms with van der Waals surface area (Å²) in [6.07, 6.45) is 10.1. The van der Waals surface area contributed by atoms with Gasteiger partial charge in [0.05, 0.1) is 0 Å². The van der Waals surface area contributed by atoms with Crippen LogP contribution >= 0.6 is 0 Å². The Bertz CT molecular complexity index is 274. The molecule has 0 radical (unpaired) electrons. The van der Waals surface area contributed by atoms with Crippen LogP contribution in [0.4, 0.5) is 0 Å². The third kappa shape index (κ3) is 14.8. The Labute approximate surface area is 145 Å². The van der Waals surface area contributed by atoms with Crippen molar-refractivity contribution in [1.82, 2.24) is 0 Å². The molecule has 0 heterocycles. The summed E-state index contributed by atoms with van der Waals surface area (Å²) in [6, 6.07) is 0. The smallest absolute Gasteiger partial charge is 0.303 e. The van der Waals surface area contributed by atoms with Gasteiger partial charge in [-0.15, -0.1) is 0 Å². The Morgan fingerprint density at radius 2 is 1.13 bits per heavy atom. The van der Waals surface area contributed by atoms with Gasteiger partial charge in [-0.05, 0) is 42.4 Å². The first-order chi connectivity index (χ1) is 10.7. The number of rotatable bonds is 14. The van der Waals surface area contributed by atoms with Crippen LogP contribution in [0.5, 0.6) is 0 Å². The molecule has 0 aromatic carbocycles. The van der Waals surface area contributed by atoms with Gasteiger partial charge in [-0.3, -0.25) is 4.79 Å². The summed E-state index contributed by atoms with van der Waals surface area (Å²) in [4.78, 5) is 11.2. The fourth-order valence-corrected chi connectivity index (χ4v) is 3.63. The maximum atomic E-state index is 11.2. The van der Waals surface area contributed by atoms with Crippen LogP contribution in [0.2, 0.25) is 0 Å². The lowest BCUT2D eigenvalue weighted by atomic mass is 9.82. The molecule has 0 aliphatic heterocycles. The van der Waals surface area contributed by atoms with Crippen LogP contribution in [0.3, 0.4) is 0 Å². The van der Waals surface area contributed by atoms with Gasteiger partial charge in [-0.2, -0.15) is 0 Å². The van der Waals surface area contributed by atoms with Crippen molar-refractivity contribution in [2.45, 2.75) is 99.3 Å². The number of aliphatic carboxylic acids is 1. The van der Waals surface area contributed by atoms with Gasteiger partial charge in [-0.1, -0.05) is 80.1 Å². The summed E-state index contributed by atoms with van der Waals surface area (Å²) in [7, 11) is 0. The molecule has 0 aliphatic rings. The highest BCUT2D eigenvalue weighted by molar-refractivity contribution is 5.67. The monoisotopic (exact) mass is 326 g/mol. The van der Waals surface area contributed by atoms with Gasteiger partial charge < -0.3 is 5.11 Å². The van der Waals surface area contributed by atoms with Crippen molar-refractivity contribution in [2.75, 3.05) is 0 Å². The molecule has 0 aromatic rings. The zero-order valence-corrected chi connectivity index (χ0v) is 16.6. The van der Waals surface area contributed by atoms with E-state index in [2.05, 4.69) is 41.5 Å². The summed E-state index contributed by atoms with van der Waals surface area (Å²) in [5, 5.41) is 9.21. The Kier molecular flexibility index (Phi) is 12.5. The average Bonchev–Trinajstić information content (AvgIpc) is 2.36. The van der Waals surface area contributed by atoms with Crippen LogP contribution in [0.25, 0.3) is 0 Å². The van der Waals surface area contributed by atoms with Gasteiger partial charge in [0.2, 0.25) is 0 Å². The number of hydrogen-bond acceptors (Lipinski definition) is 1. The third-order valence-corrected chi connectivity index (χ3v) is 4.89. The lowest BCUT2D eigenvalue weighted by molar-refractivity contribution is -0.138. The third-order valence-electron chi connectivity index (χ3n) is 4.89. The molecule has 0 aliphatic carbocycles. The van der Waals surface area contributed by atoms with Crippen LogP contribution in [-0.2, 0) is 4.79 Å². The molecule has 2 heteroatoms. The minimum atomic E-state index is -0.626. The molecule has 0 saturated heterocycles. The molecule has 2 atom stereocenters. The maximum absolute atomic E-state index is 11.2. The number of hydrogen-bond donors (Lipinski definition) is 1. The van der Waals surface area contributed by atoms with E-state index in [0.29, 0.717) is 24.2 Å². The van der Waals surface area contributed by atoms with Crippen molar-refractivity contribution in [3.63, 3.8) is 0 Å². The fraction of sp³-hybridized carbons (Fsp3) is 0.952. The molecular formula is C21H42O2. The molecule has 2 unspecified atom stereocenters. The van der Waals surface area contributed by atoms with Gasteiger partial charge in [0, 0.05) is 6.42 Å². The van der Waals surface area contributed by atoms with Crippen LogP contribution in [0.15, 0.2) is 0 Å². The van der Waals surface area contributed by atoms with Crippen molar-refractivity contribution < 1.29 is 9.90 Å². The second-order valence-corrected chi connectivity index (χ2v) is 8.80. The Morgan fingerprint density at radius 1 is 0.739 bits per heavy atom. The molecule has 0 amide bonds. The predicted octanol–water partition coefficient (Wildman–Crippen LogP) is 6.78. The van der Waals surface area contributed by atoms with Gasteiger partial charge >= 0.3 is 5.97 Å². The predicted molar refractivity (Wildman–Crippen MR) is 101 cm³/mol. The first kappa shape index (κ1) is 22.5. The lowest BCUT2D eigenvalue weighted by Crippen LogP contribution is -2.15. The number of carboxylic acids is 1. The van der Waals surface area contributed by atoms with E-state index in [4.69, 9.17) is 0 Å².